The van der Waals surface area contributed by atoms with E-state index in [2.05, 4.69) is 15.8 Å². The van der Waals surface area contributed by atoms with Crippen molar-refractivity contribution in [3.8, 4) is 0 Å². The van der Waals surface area contributed by atoms with E-state index in [1.165, 1.54) is 0 Å². The van der Waals surface area contributed by atoms with Crippen LogP contribution in [0.2, 0.25) is 0 Å². The zero-order valence-corrected chi connectivity index (χ0v) is 7.04. The van der Waals surface area contributed by atoms with Gasteiger partial charge < -0.3 is 19.2 Å². The van der Waals surface area contributed by atoms with Crippen LogP contribution in [0.4, 0.5) is 0 Å². The van der Waals surface area contributed by atoms with Crippen molar-refractivity contribution >= 4 is 25.1 Å². The Hall–Kier alpha value is -1.92. The second kappa shape index (κ2) is 3.44. The maximum atomic E-state index is 10.6. The van der Waals surface area contributed by atoms with Crippen LogP contribution in [0, 0.1) is 0 Å². The Balaban J connectivity index is 3.08. The lowest BCUT2D eigenvalue weighted by atomic mass is 9.86. The summed E-state index contributed by atoms with van der Waals surface area (Å²) in [4.78, 5) is 42.4. The molecule has 7 heteroatoms. The Morgan fingerprint density at radius 1 is 1.00 bits per heavy atom. The van der Waals surface area contributed by atoms with Gasteiger partial charge in [-0.05, 0) is 0 Å². The van der Waals surface area contributed by atoms with Gasteiger partial charge in [0.15, 0.2) is 36.2 Å². The maximum absolute atomic E-state index is 10.6. The SMILES string of the molecule is O=CC1(C=O)CC(C=O)(C=O)NN=N1. The predicted octanol–water partition coefficient (Wildman–Crippen LogP) is -1.38. The lowest BCUT2D eigenvalue weighted by Crippen LogP contribution is -2.55. The van der Waals surface area contributed by atoms with Crippen LogP contribution in [-0.4, -0.2) is 36.2 Å². The third-order valence-electron chi connectivity index (χ3n) is 1.90. The fourth-order valence-electron chi connectivity index (χ4n) is 1.08. The predicted molar refractivity (Wildman–Crippen MR) is 42.3 cm³/mol. The summed E-state index contributed by atoms with van der Waals surface area (Å²) < 4.78 is 0. The average molecular weight is 197 g/mol. The van der Waals surface area contributed by atoms with E-state index in [0.717, 1.165) is 0 Å². The molecule has 1 heterocycles. The topological polar surface area (TPSA) is 105 Å². The fraction of sp³-hybridized carbons (Fsp3) is 0.429. The first kappa shape index (κ1) is 10.2. The zero-order valence-electron chi connectivity index (χ0n) is 7.04. The van der Waals surface area contributed by atoms with Gasteiger partial charge in [0.1, 0.15) is 0 Å². The van der Waals surface area contributed by atoms with Gasteiger partial charge in [-0.15, -0.1) is 5.11 Å². The molecule has 0 radical (unpaired) electrons. The van der Waals surface area contributed by atoms with Gasteiger partial charge in [-0.1, -0.05) is 5.22 Å². The van der Waals surface area contributed by atoms with Crippen LogP contribution in [0.15, 0.2) is 10.3 Å². The Bertz CT molecular complexity index is 296. The van der Waals surface area contributed by atoms with E-state index in [0.29, 0.717) is 12.6 Å². The first-order valence-corrected chi connectivity index (χ1v) is 3.70. The summed E-state index contributed by atoms with van der Waals surface area (Å²) in [5, 5.41) is 6.57. The van der Waals surface area contributed by atoms with Crippen molar-refractivity contribution < 1.29 is 19.2 Å². The number of aldehydes is 4. The molecule has 0 aromatic rings. The van der Waals surface area contributed by atoms with Crippen molar-refractivity contribution in [2.45, 2.75) is 17.5 Å². The van der Waals surface area contributed by atoms with Crippen molar-refractivity contribution in [3.63, 3.8) is 0 Å². The second-order valence-electron chi connectivity index (χ2n) is 2.99. The van der Waals surface area contributed by atoms with Crippen molar-refractivity contribution in [2.75, 3.05) is 0 Å². The molecule has 0 amide bonds. The molecular formula is C7H7N3O4. The maximum Gasteiger partial charge on any atom is 0.196 e. The summed E-state index contributed by atoms with van der Waals surface area (Å²) in [5.41, 5.74) is -1.20. The summed E-state index contributed by atoms with van der Waals surface area (Å²) in [6.45, 7) is 0. The number of nitrogens with one attached hydrogen (secondary N) is 1. The number of hydrogen-bond acceptors (Lipinski definition) is 7. The molecule has 1 N–H and O–H groups in total. The molecule has 0 aromatic heterocycles. The number of nitrogens with zero attached hydrogens (tertiary/aromatic N) is 2. The van der Waals surface area contributed by atoms with E-state index in [9.17, 15) is 19.2 Å². The van der Waals surface area contributed by atoms with Crippen molar-refractivity contribution in [1.29, 1.82) is 0 Å². The summed E-state index contributed by atoms with van der Waals surface area (Å²) in [7, 11) is 0. The van der Waals surface area contributed by atoms with Crippen molar-refractivity contribution in [3.05, 3.63) is 0 Å². The molecule has 7 nitrogen and oxygen atoms in total. The molecule has 1 aliphatic heterocycles. The minimum Gasteiger partial charge on any atom is -0.300 e. The lowest BCUT2D eigenvalue weighted by Gasteiger charge is -2.30. The standard InChI is InChI=1S/C7H7N3O4/c11-2-6(3-12)1-7(4-13,5-14)9-10-8-6/h2-5H,1H2,(H,8,9). The summed E-state index contributed by atoms with van der Waals surface area (Å²) in [6, 6.07) is 0. The molecule has 0 atom stereocenters. The first-order valence-electron chi connectivity index (χ1n) is 3.70. The highest BCUT2D eigenvalue weighted by molar-refractivity contribution is 5.96. The van der Waals surface area contributed by atoms with E-state index < -0.39 is 11.1 Å². The fourth-order valence-corrected chi connectivity index (χ4v) is 1.08. The van der Waals surface area contributed by atoms with E-state index in [-0.39, 0.29) is 19.0 Å². The Labute approximate surface area is 78.5 Å². The molecule has 0 aliphatic carbocycles. The number of carbonyl (C=O) groups excluding carboxylic acids is 4. The zero-order chi connectivity index (χ0) is 10.7. The molecular weight excluding hydrogens is 190 g/mol. The van der Waals surface area contributed by atoms with Crippen LogP contribution in [0.3, 0.4) is 0 Å². The molecule has 0 bridgehead atoms. The second-order valence-corrected chi connectivity index (χ2v) is 2.99. The van der Waals surface area contributed by atoms with Gasteiger partial charge in [-0.3, -0.25) is 5.43 Å². The Morgan fingerprint density at radius 3 is 2.00 bits per heavy atom. The highest BCUT2D eigenvalue weighted by atomic mass is 16.1. The average Bonchev–Trinajstić information content (AvgIpc) is 2.29. The van der Waals surface area contributed by atoms with Gasteiger partial charge in [0, 0.05) is 6.42 Å². The highest BCUT2D eigenvalue weighted by Gasteiger charge is 2.45. The highest BCUT2D eigenvalue weighted by Crippen LogP contribution is 2.23. The Kier molecular flexibility index (Phi) is 2.50. The van der Waals surface area contributed by atoms with E-state index in [1.54, 1.807) is 0 Å². The third-order valence-corrected chi connectivity index (χ3v) is 1.90. The van der Waals surface area contributed by atoms with Gasteiger partial charge >= 0.3 is 0 Å². The minimum atomic E-state index is -1.73. The van der Waals surface area contributed by atoms with Gasteiger partial charge in [0.25, 0.3) is 0 Å². The van der Waals surface area contributed by atoms with Crippen LogP contribution in [0.25, 0.3) is 0 Å². The Morgan fingerprint density at radius 2 is 1.57 bits per heavy atom. The van der Waals surface area contributed by atoms with Crippen LogP contribution in [0.1, 0.15) is 6.42 Å². The van der Waals surface area contributed by atoms with Crippen molar-refractivity contribution in [1.82, 2.24) is 5.43 Å². The molecule has 0 fully saturated rings. The normalized spacial score (nSPS) is 21.7. The monoisotopic (exact) mass is 197 g/mol. The molecule has 1 rings (SSSR count). The molecule has 1 aliphatic rings. The summed E-state index contributed by atoms with van der Waals surface area (Å²) >= 11 is 0. The van der Waals surface area contributed by atoms with Crippen LogP contribution < -0.4 is 5.43 Å². The molecule has 0 unspecified atom stereocenters. The molecule has 0 saturated heterocycles. The third kappa shape index (κ3) is 1.43. The first-order chi connectivity index (χ1) is 6.66. The van der Waals surface area contributed by atoms with Crippen LogP contribution >= 0.6 is 0 Å². The van der Waals surface area contributed by atoms with E-state index in [1.807, 2.05) is 0 Å². The van der Waals surface area contributed by atoms with Gasteiger partial charge in [-0.2, -0.15) is 0 Å². The van der Waals surface area contributed by atoms with Gasteiger partial charge in [0.05, 0.1) is 0 Å². The smallest absolute Gasteiger partial charge is 0.196 e. The van der Waals surface area contributed by atoms with Crippen molar-refractivity contribution in [2.24, 2.45) is 10.3 Å². The number of hydrogen-bond donors (Lipinski definition) is 1. The number of carbonyl (C=O) groups is 4. The molecule has 0 spiro atoms. The largest absolute Gasteiger partial charge is 0.300 e. The molecule has 0 saturated carbocycles. The van der Waals surface area contributed by atoms with Gasteiger partial charge in [-0.25, -0.2) is 0 Å². The lowest BCUT2D eigenvalue weighted by molar-refractivity contribution is -0.128. The van der Waals surface area contributed by atoms with E-state index in [4.69, 9.17) is 0 Å². The van der Waals surface area contributed by atoms with Gasteiger partial charge in [0.2, 0.25) is 0 Å². The van der Waals surface area contributed by atoms with E-state index >= 15 is 0 Å². The minimum absolute atomic E-state index is 0.256. The summed E-state index contributed by atoms with van der Waals surface area (Å²) in [6.07, 6.45) is 0.752. The summed E-state index contributed by atoms with van der Waals surface area (Å²) in [5.74, 6) is 0. The quantitative estimate of drug-likeness (QED) is 0.441. The molecule has 0 aromatic carbocycles. The molecule has 74 valence electrons. The number of rotatable bonds is 4. The van der Waals surface area contributed by atoms with Crippen LogP contribution in [-0.2, 0) is 19.2 Å². The molecule has 14 heavy (non-hydrogen) atoms. The van der Waals surface area contributed by atoms with Crippen LogP contribution in [0.5, 0.6) is 0 Å².